The zero-order chi connectivity index (χ0) is 19.5. The van der Waals surface area contributed by atoms with Crippen LogP contribution in [0.5, 0.6) is 0 Å². The number of anilines is 1. The number of H-pyrrole nitrogens is 1. The molecule has 0 aliphatic carbocycles. The molecule has 7 heteroatoms. The summed E-state index contributed by atoms with van der Waals surface area (Å²) in [5, 5.41) is 3.85. The summed E-state index contributed by atoms with van der Waals surface area (Å²) in [6.07, 6.45) is 1.55. The van der Waals surface area contributed by atoms with Gasteiger partial charge in [0.05, 0.1) is 15.8 Å². The highest BCUT2D eigenvalue weighted by Crippen LogP contribution is 2.29. The van der Waals surface area contributed by atoms with E-state index in [0.717, 1.165) is 22.3 Å². The molecule has 2 aromatic carbocycles. The minimum absolute atomic E-state index is 0.0974. The number of imidazole rings is 1. The van der Waals surface area contributed by atoms with Crippen LogP contribution in [0, 0.1) is 0 Å². The van der Waals surface area contributed by atoms with Crippen molar-refractivity contribution in [3.63, 3.8) is 0 Å². The van der Waals surface area contributed by atoms with E-state index in [9.17, 15) is 4.79 Å². The Balaban J connectivity index is 1.50. The molecule has 2 aromatic heterocycles. The van der Waals surface area contributed by atoms with Crippen LogP contribution in [-0.4, -0.2) is 26.1 Å². The van der Waals surface area contributed by atoms with Gasteiger partial charge in [-0.1, -0.05) is 71.9 Å². The fraction of sp³-hybridized carbons (Fsp3) is 0.0952. The van der Waals surface area contributed by atoms with Crippen molar-refractivity contribution in [3.8, 4) is 11.1 Å². The monoisotopic (exact) mass is 408 g/mol. The second-order valence-corrected chi connectivity index (χ2v) is 7.99. The third kappa shape index (κ3) is 4.03. The Bertz CT molecular complexity index is 1130. The lowest BCUT2D eigenvalue weighted by atomic mass is 10.0. The number of para-hydroxylation sites is 1. The molecule has 0 aliphatic rings. The Morgan fingerprint density at radius 2 is 1.89 bits per heavy atom. The SMILES string of the molecule is C[C@@H](Sc1nc2ncc(Cl)cc2[nH]1)C(=O)Nc1ccccc1-c1ccccc1. The van der Waals surface area contributed by atoms with Gasteiger partial charge in [0.25, 0.3) is 0 Å². The summed E-state index contributed by atoms with van der Waals surface area (Å²) in [7, 11) is 0. The van der Waals surface area contributed by atoms with Crippen molar-refractivity contribution < 1.29 is 4.79 Å². The molecular weight excluding hydrogens is 392 g/mol. The summed E-state index contributed by atoms with van der Waals surface area (Å²) >= 11 is 7.30. The van der Waals surface area contributed by atoms with Crippen LogP contribution in [0.15, 0.2) is 72.0 Å². The first-order chi connectivity index (χ1) is 13.6. The normalized spacial score (nSPS) is 12.1. The van der Waals surface area contributed by atoms with Crippen molar-refractivity contribution >= 4 is 46.1 Å². The Labute approximate surface area is 171 Å². The second-order valence-electron chi connectivity index (χ2n) is 6.23. The number of thioether (sulfide) groups is 1. The van der Waals surface area contributed by atoms with Gasteiger partial charge in [-0.2, -0.15) is 0 Å². The lowest BCUT2D eigenvalue weighted by Gasteiger charge is -2.14. The van der Waals surface area contributed by atoms with Gasteiger partial charge in [0, 0.05) is 17.4 Å². The van der Waals surface area contributed by atoms with E-state index < -0.39 is 0 Å². The lowest BCUT2D eigenvalue weighted by molar-refractivity contribution is -0.115. The molecule has 0 bridgehead atoms. The van der Waals surface area contributed by atoms with Crippen LogP contribution < -0.4 is 5.32 Å². The standard InChI is InChI=1S/C21H17ClN4OS/c1-13(28-21-25-18-11-15(22)12-23-19(18)26-21)20(27)24-17-10-6-5-9-16(17)14-7-3-2-4-8-14/h2-13H,1H3,(H,24,27)(H,23,25,26)/t13-/m1/s1. The van der Waals surface area contributed by atoms with Crippen molar-refractivity contribution in [2.45, 2.75) is 17.3 Å². The van der Waals surface area contributed by atoms with E-state index in [2.05, 4.69) is 20.3 Å². The van der Waals surface area contributed by atoms with Gasteiger partial charge in [-0.05, 0) is 24.6 Å². The van der Waals surface area contributed by atoms with Gasteiger partial charge in [0.1, 0.15) is 0 Å². The highest BCUT2D eigenvalue weighted by atomic mass is 35.5. The molecule has 1 amide bonds. The maximum absolute atomic E-state index is 12.8. The Morgan fingerprint density at radius 1 is 1.14 bits per heavy atom. The largest absolute Gasteiger partial charge is 0.331 e. The number of rotatable bonds is 5. The highest BCUT2D eigenvalue weighted by Gasteiger charge is 2.18. The van der Waals surface area contributed by atoms with Crippen molar-refractivity contribution in [2.75, 3.05) is 5.32 Å². The van der Waals surface area contributed by atoms with E-state index in [-0.39, 0.29) is 11.2 Å². The van der Waals surface area contributed by atoms with E-state index in [0.29, 0.717) is 15.8 Å². The average molecular weight is 409 g/mol. The number of aromatic amines is 1. The smallest absolute Gasteiger partial charge is 0.237 e. The first-order valence-corrected chi connectivity index (χ1v) is 9.99. The van der Waals surface area contributed by atoms with E-state index in [4.69, 9.17) is 11.6 Å². The molecule has 4 aromatic rings. The Kier molecular flexibility index (Phi) is 5.32. The van der Waals surface area contributed by atoms with Crippen LogP contribution in [0.1, 0.15) is 6.92 Å². The third-order valence-electron chi connectivity index (χ3n) is 4.21. The minimum atomic E-state index is -0.347. The molecule has 28 heavy (non-hydrogen) atoms. The molecule has 1 atom stereocenters. The zero-order valence-corrected chi connectivity index (χ0v) is 16.6. The molecule has 0 saturated heterocycles. The molecule has 0 saturated carbocycles. The highest BCUT2D eigenvalue weighted by molar-refractivity contribution is 8.00. The Morgan fingerprint density at radius 3 is 2.71 bits per heavy atom. The predicted octanol–water partition coefficient (Wildman–Crippen LogP) is 5.40. The molecule has 0 aliphatic heterocycles. The number of benzene rings is 2. The van der Waals surface area contributed by atoms with Crippen LogP contribution >= 0.6 is 23.4 Å². The molecule has 0 unspecified atom stereocenters. The van der Waals surface area contributed by atoms with E-state index >= 15 is 0 Å². The summed E-state index contributed by atoms with van der Waals surface area (Å²) in [4.78, 5) is 24.5. The first-order valence-electron chi connectivity index (χ1n) is 8.73. The van der Waals surface area contributed by atoms with Gasteiger partial charge < -0.3 is 10.3 Å². The van der Waals surface area contributed by atoms with E-state index in [1.807, 2.05) is 61.5 Å². The van der Waals surface area contributed by atoms with Crippen LogP contribution in [0.2, 0.25) is 5.02 Å². The number of nitrogens with one attached hydrogen (secondary N) is 2. The summed E-state index contributed by atoms with van der Waals surface area (Å²) in [6, 6.07) is 19.5. The fourth-order valence-electron chi connectivity index (χ4n) is 2.83. The maximum Gasteiger partial charge on any atom is 0.237 e. The van der Waals surface area contributed by atoms with Gasteiger partial charge in [0.2, 0.25) is 5.91 Å². The number of fused-ring (bicyclic) bond motifs is 1. The van der Waals surface area contributed by atoms with Crippen LogP contribution in [-0.2, 0) is 4.79 Å². The summed E-state index contributed by atoms with van der Waals surface area (Å²) in [5.74, 6) is -0.0974. The van der Waals surface area contributed by atoms with Crippen molar-refractivity contribution in [1.29, 1.82) is 0 Å². The average Bonchev–Trinajstić information content (AvgIpc) is 3.10. The molecule has 4 rings (SSSR count). The number of aromatic nitrogens is 3. The molecule has 2 heterocycles. The van der Waals surface area contributed by atoms with Gasteiger partial charge in [0.15, 0.2) is 10.8 Å². The van der Waals surface area contributed by atoms with Crippen LogP contribution in [0.3, 0.4) is 0 Å². The van der Waals surface area contributed by atoms with E-state index in [1.165, 1.54) is 11.8 Å². The van der Waals surface area contributed by atoms with Gasteiger partial charge in [-0.15, -0.1) is 0 Å². The summed E-state index contributed by atoms with van der Waals surface area (Å²) in [5.41, 5.74) is 4.14. The molecular formula is C21H17ClN4OS. The van der Waals surface area contributed by atoms with Crippen molar-refractivity contribution in [3.05, 3.63) is 71.9 Å². The molecule has 2 N–H and O–H groups in total. The number of hydrogen-bond acceptors (Lipinski definition) is 4. The number of nitrogens with zero attached hydrogens (tertiary/aromatic N) is 2. The number of amides is 1. The van der Waals surface area contributed by atoms with Gasteiger partial charge in [-0.3, -0.25) is 4.79 Å². The predicted molar refractivity (Wildman–Crippen MR) is 115 cm³/mol. The second kappa shape index (κ2) is 8.04. The third-order valence-corrected chi connectivity index (χ3v) is 5.40. The number of pyridine rings is 1. The van der Waals surface area contributed by atoms with Crippen LogP contribution in [0.25, 0.3) is 22.3 Å². The van der Waals surface area contributed by atoms with Crippen molar-refractivity contribution in [2.24, 2.45) is 0 Å². The van der Waals surface area contributed by atoms with E-state index in [1.54, 1.807) is 12.3 Å². The molecule has 0 fully saturated rings. The summed E-state index contributed by atoms with van der Waals surface area (Å²) in [6.45, 7) is 1.85. The number of hydrogen-bond donors (Lipinski definition) is 2. The van der Waals surface area contributed by atoms with Gasteiger partial charge >= 0.3 is 0 Å². The molecule has 0 spiro atoms. The number of carbonyl (C=O) groups is 1. The number of halogens is 1. The van der Waals surface area contributed by atoms with Crippen molar-refractivity contribution in [1.82, 2.24) is 15.0 Å². The quantitative estimate of drug-likeness (QED) is 0.434. The number of carbonyl (C=O) groups excluding carboxylic acids is 1. The lowest BCUT2D eigenvalue weighted by Crippen LogP contribution is -2.22. The zero-order valence-electron chi connectivity index (χ0n) is 15.0. The minimum Gasteiger partial charge on any atom is -0.331 e. The van der Waals surface area contributed by atoms with Gasteiger partial charge in [-0.25, -0.2) is 9.97 Å². The molecule has 0 radical (unpaired) electrons. The Hall–Kier alpha value is -2.83. The maximum atomic E-state index is 12.8. The molecule has 140 valence electrons. The molecule has 5 nitrogen and oxygen atoms in total. The topological polar surface area (TPSA) is 70.7 Å². The summed E-state index contributed by atoms with van der Waals surface area (Å²) < 4.78 is 0. The van der Waals surface area contributed by atoms with Crippen LogP contribution in [0.4, 0.5) is 5.69 Å². The first kappa shape index (κ1) is 18.5. The fourth-order valence-corrected chi connectivity index (χ4v) is 3.79.